The molecule has 1 aromatic heterocycles. The number of nitrogens with one attached hydrogen (secondary N) is 1. The molecular weight excluding hydrogens is 482 g/mol. The largest absolute Gasteiger partial charge is 0.507 e. The number of ketones is 4. The minimum Gasteiger partial charge on any atom is -0.507 e. The quantitative estimate of drug-likeness (QED) is 0.387. The number of nitrogens with zero attached hydrogens (tertiary/aromatic N) is 1. The van der Waals surface area contributed by atoms with E-state index >= 15 is 0 Å². The number of phenolic OH excluding ortho intramolecular Hbond substituents is 1. The third kappa shape index (κ3) is 3.34. The Labute approximate surface area is 210 Å². The number of aliphatic hydroxyl groups is 1. The highest BCUT2D eigenvalue weighted by molar-refractivity contribution is 6.32. The van der Waals surface area contributed by atoms with Crippen LogP contribution in [0.2, 0.25) is 0 Å². The number of rotatable bonds is 3. The van der Waals surface area contributed by atoms with E-state index < -0.39 is 64.4 Å². The zero-order valence-electron chi connectivity index (χ0n) is 20.1. The number of likely N-dealkylation sites (N-methyl/N-ethyl adjacent to an activating group) is 1. The monoisotopic (exact) mass is 507 g/mol. The summed E-state index contributed by atoms with van der Waals surface area (Å²) in [5.41, 5.74) is 3.74. The Morgan fingerprint density at radius 1 is 1.08 bits per heavy atom. The van der Waals surface area contributed by atoms with Crippen LogP contribution in [-0.4, -0.2) is 74.9 Å². The van der Waals surface area contributed by atoms with Crippen molar-refractivity contribution >= 4 is 29.0 Å². The fourth-order valence-corrected chi connectivity index (χ4v) is 6.45. The second-order valence-corrected chi connectivity index (χ2v) is 10.2. The first kappa shape index (κ1) is 24.7. The van der Waals surface area contributed by atoms with Crippen LogP contribution < -0.4 is 11.3 Å². The Bertz CT molecular complexity index is 1440. The maximum Gasteiger partial charge on any atom is 0.247 e. The van der Waals surface area contributed by atoms with Crippen LogP contribution in [0.25, 0.3) is 11.1 Å². The molecule has 0 spiro atoms. The first-order chi connectivity index (χ1) is 17.4. The van der Waals surface area contributed by atoms with Crippen molar-refractivity contribution in [1.82, 2.24) is 9.88 Å². The van der Waals surface area contributed by atoms with Gasteiger partial charge in [0.1, 0.15) is 5.75 Å². The molecule has 0 saturated heterocycles. The number of carbonyl (C=O) groups is 5. The number of primary amides is 1. The van der Waals surface area contributed by atoms with Crippen molar-refractivity contribution in [1.29, 1.82) is 0 Å². The number of hydrogen-bond acceptors (Lipinski definition) is 9. The van der Waals surface area contributed by atoms with E-state index in [9.17, 15) is 39.0 Å². The average Bonchev–Trinajstić information content (AvgIpc) is 2.82. The van der Waals surface area contributed by atoms with E-state index in [-0.39, 0.29) is 29.7 Å². The summed E-state index contributed by atoms with van der Waals surface area (Å²) in [6, 6.07) is 4.63. The number of pyridine rings is 1. The molecule has 0 bridgehead atoms. The highest BCUT2D eigenvalue weighted by Gasteiger charge is 2.69. The molecule has 5 rings (SSSR count). The molecule has 2 unspecified atom stereocenters. The summed E-state index contributed by atoms with van der Waals surface area (Å²) in [4.78, 5) is 81.5. The second kappa shape index (κ2) is 8.29. The molecule has 3 aliphatic carbocycles. The van der Waals surface area contributed by atoms with E-state index in [4.69, 9.17) is 5.73 Å². The van der Waals surface area contributed by atoms with Crippen molar-refractivity contribution in [2.45, 2.75) is 24.5 Å². The molecule has 2 fully saturated rings. The van der Waals surface area contributed by atoms with Crippen molar-refractivity contribution in [3.05, 3.63) is 51.9 Å². The van der Waals surface area contributed by atoms with E-state index in [1.165, 1.54) is 37.3 Å². The van der Waals surface area contributed by atoms with Crippen LogP contribution in [0.15, 0.2) is 35.3 Å². The molecule has 11 nitrogen and oxygen atoms in total. The zero-order valence-corrected chi connectivity index (χ0v) is 20.1. The molecule has 11 heteroatoms. The number of Topliss-reactive ketones (excluding diaryl/α,β-unsaturated/α-hetero) is 4. The van der Waals surface area contributed by atoms with Crippen LogP contribution >= 0.6 is 0 Å². The van der Waals surface area contributed by atoms with Crippen LogP contribution in [0.5, 0.6) is 5.75 Å². The molecule has 6 atom stereocenters. The van der Waals surface area contributed by atoms with E-state index in [2.05, 4.69) is 4.98 Å². The van der Waals surface area contributed by atoms with Crippen molar-refractivity contribution in [3.63, 3.8) is 0 Å². The predicted octanol–water partition coefficient (Wildman–Crippen LogP) is -0.778. The fourth-order valence-electron chi connectivity index (χ4n) is 6.45. The standard InChI is InChI=1S/C26H25N3O8/c1-29(2)20-14-8-11-7-13-12(10-3-6-16(31)28-9-10)4-5-15(30)18(13)21(32)17(11)23(34)26(14,37)24(35)19(22(20)33)25(27)36/h3-6,9,11,14,17,19-20,30,37H,7-8H2,1-2H3,(H2,27,36)(H,28,31)/t11-,14-,17?,19?,20-,26-/m0/s1. The van der Waals surface area contributed by atoms with E-state index in [0.717, 1.165) is 0 Å². The predicted molar refractivity (Wildman–Crippen MR) is 127 cm³/mol. The van der Waals surface area contributed by atoms with Crippen molar-refractivity contribution in [3.8, 4) is 16.9 Å². The Kier molecular flexibility index (Phi) is 5.54. The van der Waals surface area contributed by atoms with Gasteiger partial charge in [-0.1, -0.05) is 6.07 Å². The second-order valence-electron chi connectivity index (χ2n) is 10.2. The molecule has 1 aromatic carbocycles. The Morgan fingerprint density at radius 3 is 2.38 bits per heavy atom. The highest BCUT2D eigenvalue weighted by atomic mass is 16.3. The Morgan fingerprint density at radius 2 is 1.78 bits per heavy atom. The van der Waals surface area contributed by atoms with Gasteiger partial charge in [-0.3, -0.25) is 33.7 Å². The topological polar surface area (TPSA) is 188 Å². The number of aromatic hydroxyl groups is 1. The SMILES string of the molecule is CN(C)[C@@H]1C(=O)C(C(N)=O)C(=O)[C@@]2(O)C(=O)C3C(=O)c4c(O)ccc(-c5ccc(=O)[nH]c5)c4C[C@H]3C[C@@H]12. The number of benzene rings is 1. The molecular formula is C26H25N3O8. The van der Waals surface area contributed by atoms with Crippen LogP contribution in [-0.2, 0) is 25.6 Å². The first-order valence-corrected chi connectivity index (χ1v) is 11.8. The lowest BCUT2D eigenvalue weighted by Crippen LogP contribution is -2.74. The molecule has 2 aromatic rings. The lowest BCUT2D eigenvalue weighted by Gasteiger charge is -2.52. The van der Waals surface area contributed by atoms with E-state index in [1.54, 1.807) is 12.1 Å². The molecule has 192 valence electrons. The summed E-state index contributed by atoms with van der Waals surface area (Å²) in [6.07, 6.45) is 1.57. The fraction of sp³-hybridized carbons (Fsp3) is 0.385. The number of fused-ring (bicyclic) bond motifs is 3. The molecule has 3 aliphatic rings. The summed E-state index contributed by atoms with van der Waals surface area (Å²) >= 11 is 0. The van der Waals surface area contributed by atoms with Crippen LogP contribution in [0, 0.1) is 23.7 Å². The van der Waals surface area contributed by atoms with Gasteiger partial charge in [0.2, 0.25) is 11.5 Å². The zero-order chi connectivity index (χ0) is 27.0. The van der Waals surface area contributed by atoms with Gasteiger partial charge < -0.3 is 20.9 Å². The smallest absolute Gasteiger partial charge is 0.247 e. The summed E-state index contributed by atoms with van der Waals surface area (Å²) in [6.45, 7) is 0. The van der Waals surface area contributed by atoms with Gasteiger partial charge in [0.25, 0.3) is 0 Å². The maximum absolute atomic E-state index is 13.8. The van der Waals surface area contributed by atoms with E-state index in [1.807, 2.05) is 0 Å². The van der Waals surface area contributed by atoms with E-state index in [0.29, 0.717) is 16.7 Å². The van der Waals surface area contributed by atoms with Gasteiger partial charge in [-0.15, -0.1) is 0 Å². The lowest BCUT2D eigenvalue weighted by molar-refractivity contribution is -0.181. The number of aromatic amines is 1. The molecule has 37 heavy (non-hydrogen) atoms. The van der Waals surface area contributed by atoms with Crippen LogP contribution in [0.1, 0.15) is 22.3 Å². The normalized spacial score (nSPS) is 31.1. The van der Waals surface area contributed by atoms with Gasteiger partial charge in [-0.05, 0) is 61.7 Å². The van der Waals surface area contributed by atoms with Gasteiger partial charge in [0.05, 0.1) is 17.5 Å². The van der Waals surface area contributed by atoms with Gasteiger partial charge in [-0.25, -0.2) is 0 Å². The number of hydrogen-bond donors (Lipinski definition) is 4. The maximum atomic E-state index is 13.8. The molecule has 1 heterocycles. The van der Waals surface area contributed by atoms with Crippen molar-refractivity contribution < 1.29 is 34.2 Å². The van der Waals surface area contributed by atoms with Crippen LogP contribution in [0.3, 0.4) is 0 Å². The number of phenols is 1. The average molecular weight is 507 g/mol. The third-order valence-corrected chi connectivity index (χ3v) is 8.04. The van der Waals surface area contributed by atoms with Gasteiger partial charge in [0, 0.05) is 18.2 Å². The minimum atomic E-state index is -2.76. The number of H-pyrrole nitrogens is 1. The first-order valence-electron chi connectivity index (χ1n) is 11.8. The molecule has 1 amide bonds. The minimum absolute atomic E-state index is 0.0371. The number of aromatic nitrogens is 1. The Balaban J connectivity index is 1.66. The number of amides is 1. The highest BCUT2D eigenvalue weighted by Crippen LogP contribution is 2.51. The summed E-state index contributed by atoms with van der Waals surface area (Å²) in [5.74, 6) is -10.9. The number of nitrogens with two attached hydrogens (primary N) is 1. The molecule has 0 aliphatic heterocycles. The van der Waals surface area contributed by atoms with Crippen molar-refractivity contribution in [2.24, 2.45) is 29.4 Å². The van der Waals surface area contributed by atoms with Gasteiger partial charge >= 0.3 is 0 Å². The van der Waals surface area contributed by atoms with Crippen molar-refractivity contribution in [2.75, 3.05) is 14.1 Å². The van der Waals surface area contributed by atoms with Gasteiger partial charge in [0.15, 0.2) is 34.7 Å². The third-order valence-electron chi connectivity index (χ3n) is 8.04. The summed E-state index contributed by atoms with van der Waals surface area (Å²) < 4.78 is 0. The molecule has 0 radical (unpaired) electrons. The lowest BCUT2D eigenvalue weighted by atomic mass is 9.52. The van der Waals surface area contributed by atoms with Crippen LogP contribution in [0.4, 0.5) is 0 Å². The molecule has 2 saturated carbocycles. The number of carbonyl (C=O) groups excluding carboxylic acids is 5. The van der Waals surface area contributed by atoms with Gasteiger partial charge in [-0.2, -0.15) is 0 Å². The summed E-state index contributed by atoms with van der Waals surface area (Å²) in [5, 5.41) is 22.2. The summed E-state index contributed by atoms with van der Waals surface area (Å²) in [7, 11) is 3.06. The Hall–Kier alpha value is -3.96. The molecule has 5 N–H and O–H groups in total.